The number of benzene rings is 1. The molecule has 28 heavy (non-hydrogen) atoms. The largest absolute Gasteiger partial charge is 0.481 e. The van der Waals surface area contributed by atoms with E-state index in [2.05, 4.69) is 29.8 Å². The zero-order valence-electron chi connectivity index (χ0n) is 16.4. The third-order valence-electron chi connectivity index (χ3n) is 4.86. The smallest absolute Gasteiger partial charge is 0.289 e. The molecule has 3 rings (SSSR count). The molecule has 1 aliphatic heterocycles. The number of halogens is 1. The van der Waals surface area contributed by atoms with Gasteiger partial charge in [0.2, 0.25) is 0 Å². The van der Waals surface area contributed by atoms with Crippen LogP contribution in [0.1, 0.15) is 42.8 Å². The minimum absolute atomic E-state index is 0.0635. The summed E-state index contributed by atoms with van der Waals surface area (Å²) in [6.07, 6.45) is -0.580. The van der Waals surface area contributed by atoms with E-state index in [1.807, 2.05) is 24.3 Å². The van der Waals surface area contributed by atoms with Crippen LogP contribution in [0.5, 0.6) is 5.75 Å². The van der Waals surface area contributed by atoms with Crippen molar-refractivity contribution in [1.29, 1.82) is 0 Å². The lowest BCUT2D eigenvalue weighted by molar-refractivity contribution is -0.139. The number of para-hydroxylation sites is 1. The van der Waals surface area contributed by atoms with E-state index < -0.39 is 6.10 Å². The Kier molecular flexibility index (Phi) is 6.44. The van der Waals surface area contributed by atoms with Gasteiger partial charge in [-0.25, -0.2) is 0 Å². The average Bonchev–Trinajstić information content (AvgIpc) is 3.13. The SMILES string of the molecule is CC(Oc1ccccc1C(C)C)C(=O)N1CCN(C(=O)c2ccc(Br)o2)CC1. The quantitative estimate of drug-likeness (QED) is 0.695. The Hall–Kier alpha value is -2.28. The van der Waals surface area contributed by atoms with Crippen LogP contribution in [0.3, 0.4) is 0 Å². The molecule has 0 spiro atoms. The van der Waals surface area contributed by atoms with Gasteiger partial charge < -0.3 is 19.0 Å². The van der Waals surface area contributed by atoms with Gasteiger partial charge in [-0.1, -0.05) is 32.0 Å². The van der Waals surface area contributed by atoms with E-state index in [-0.39, 0.29) is 11.8 Å². The summed E-state index contributed by atoms with van der Waals surface area (Å²) in [5.41, 5.74) is 1.09. The minimum atomic E-state index is -0.580. The summed E-state index contributed by atoms with van der Waals surface area (Å²) in [5, 5.41) is 0. The molecule has 1 atom stereocenters. The molecular weight excluding hydrogens is 424 g/mol. The topological polar surface area (TPSA) is 63.0 Å². The van der Waals surface area contributed by atoms with Crippen LogP contribution in [0, 0.1) is 0 Å². The third kappa shape index (κ3) is 4.58. The van der Waals surface area contributed by atoms with E-state index >= 15 is 0 Å². The molecule has 1 unspecified atom stereocenters. The highest BCUT2D eigenvalue weighted by atomic mass is 79.9. The second kappa shape index (κ2) is 8.82. The Morgan fingerprint density at radius 3 is 2.25 bits per heavy atom. The first-order valence-electron chi connectivity index (χ1n) is 9.45. The van der Waals surface area contributed by atoms with Gasteiger partial charge in [0, 0.05) is 26.2 Å². The van der Waals surface area contributed by atoms with Crippen molar-refractivity contribution in [1.82, 2.24) is 9.80 Å². The summed E-state index contributed by atoms with van der Waals surface area (Å²) < 4.78 is 11.8. The van der Waals surface area contributed by atoms with Crippen LogP contribution in [0.4, 0.5) is 0 Å². The summed E-state index contributed by atoms with van der Waals surface area (Å²) in [6, 6.07) is 11.1. The summed E-state index contributed by atoms with van der Waals surface area (Å²) in [6.45, 7) is 7.87. The van der Waals surface area contributed by atoms with Gasteiger partial charge in [-0.2, -0.15) is 0 Å². The fourth-order valence-corrected chi connectivity index (χ4v) is 3.58. The van der Waals surface area contributed by atoms with Crippen molar-refractivity contribution in [2.75, 3.05) is 26.2 Å². The van der Waals surface area contributed by atoms with Gasteiger partial charge in [-0.05, 0) is 52.5 Å². The van der Waals surface area contributed by atoms with Crippen LogP contribution in [-0.2, 0) is 4.79 Å². The number of carbonyl (C=O) groups excluding carboxylic acids is 2. The average molecular weight is 449 g/mol. The highest BCUT2D eigenvalue weighted by Gasteiger charge is 2.29. The number of hydrogen-bond donors (Lipinski definition) is 0. The Morgan fingerprint density at radius 1 is 1.00 bits per heavy atom. The van der Waals surface area contributed by atoms with Crippen LogP contribution in [0.15, 0.2) is 45.5 Å². The van der Waals surface area contributed by atoms with E-state index in [1.165, 1.54) is 0 Å². The Bertz CT molecular complexity index is 840. The number of rotatable bonds is 5. The number of hydrogen-bond acceptors (Lipinski definition) is 4. The summed E-state index contributed by atoms with van der Waals surface area (Å²) in [7, 11) is 0. The number of amides is 2. The van der Waals surface area contributed by atoms with Gasteiger partial charge in [0.1, 0.15) is 5.75 Å². The molecule has 7 heteroatoms. The molecule has 0 bridgehead atoms. The van der Waals surface area contributed by atoms with Gasteiger partial charge in [0.15, 0.2) is 16.5 Å². The normalized spacial score (nSPS) is 15.6. The van der Waals surface area contributed by atoms with Crippen molar-refractivity contribution in [2.45, 2.75) is 32.8 Å². The van der Waals surface area contributed by atoms with Crippen LogP contribution in [-0.4, -0.2) is 53.9 Å². The Morgan fingerprint density at radius 2 is 1.64 bits per heavy atom. The molecule has 0 aliphatic carbocycles. The van der Waals surface area contributed by atoms with Crippen molar-refractivity contribution < 1.29 is 18.7 Å². The van der Waals surface area contributed by atoms with E-state index in [1.54, 1.807) is 28.9 Å². The summed E-state index contributed by atoms with van der Waals surface area (Å²) in [5.74, 6) is 1.14. The molecule has 2 heterocycles. The maximum absolute atomic E-state index is 12.8. The number of carbonyl (C=O) groups is 2. The predicted octanol–water partition coefficient (Wildman–Crippen LogP) is 3.92. The molecule has 2 amide bonds. The van der Waals surface area contributed by atoms with Gasteiger partial charge >= 0.3 is 0 Å². The van der Waals surface area contributed by atoms with Crippen LogP contribution >= 0.6 is 15.9 Å². The van der Waals surface area contributed by atoms with Crippen molar-refractivity contribution in [3.8, 4) is 5.75 Å². The van der Waals surface area contributed by atoms with Gasteiger partial charge in [-0.3, -0.25) is 9.59 Å². The van der Waals surface area contributed by atoms with E-state index in [9.17, 15) is 9.59 Å². The monoisotopic (exact) mass is 448 g/mol. The molecular formula is C21H25BrN2O4. The van der Waals surface area contributed by atoms with E-state index in [4.69, 9.17) is 9.15 Å². The molecule has 6 nitrogen and oxygen atoms in total. The molecule has 0 N–H and O–H groups in total. The van der Waals surface area contributed by atoms with Crippen LogP contribution < -0.4 is 4.74 Å². The van der Waals surface area contributed by atoms with E-state index in [0.29, 0.717) is 42.5 Å². The van der Waals surface area contributed by atoms with Gasteiger partial charge in [0.25, 0.3) is 11.8 Å². The lowest BCUT2D eigenvalue weighted by Gasteiger charge is -2.35. The highest BCUT2D eigenvalue weighted by molar-refractivity contribution is 9.10. The molecule has 0 saturated carbocycles. The first-order chi connectivity index (χ1) is 13.4. The first-order valence-corrected chi connectivity index (χ1v) is 10.2. The maximum Gasteiger partial charge on any atom is 0.289 e. The number of nitrogens with zero attached hydrogens (tertiary/aromatic N) is 2. The second-order valence-corrected chi connectivity index (χ2v) is 7.96. The molecule has 1 aromatic heterocycles. The van der Waals surface area contributed by atoms with Crippen molar-refractivity contribution >= 4 is 27.7 Å². The molecule has 1 fully saturated rings. The molecule has 0 radical (unpaired) electrons. The van der Waals surface area contributed by atoms with Crippen molar-refractivity contribution in [2.24, 2.45) is 0 Å². The molecule has 1 aromatic carbocycles. The second-order valence-electron chi connectivity index (χ2n) is 7.17. The van der Waals surface area contributed by atoms with E-state index in [0.717, 1.165) is 11.3 Å². The zero-order valence-corrected chi connectivity index (χ0v) is 17.9. The molecule has 1 aliphatic rings. The molecule has 1 saturated heterocycles. The number of piperazine rings is 1. The lowest BCUT2D eigenvalue weighted by Crippen LogP contribution is -2.53. The molecule has 2 aromatic rings. The summed E-state index contributed by atoms with van der Waals surface area (Å²) in [4.78, 5) is 28.7. The zero-order chi connectivity index (χ0) is 20.3. The first kappa shape index (κ1) is 20.5. The number of furan rings is 1. The third-order valence-corrected chi connectivity index (χ3v) is 5.28. The lowest BCUT2D eigenvalue weighted by atomic mass is 10.0. The minimum Gasteiger partial charge on any atom is -0.481 e. The van der Waals surface area contributed by atoms with Crippen LogP contribution in [0.25, 0.3) is 0 Å². The Balaban J connectivity index is 1.57. The van der Waals surface area contributed by atoms with Gasteiger partial charge in [0.05, 0.1) is 0 Å². The standard InChI is InChI=1S/C21H25BrN2O4/c1-14(2)16-6-4-5-7-17(16)27-15(3)20(25)23-10-12-24(13-11-23)21(26)18-8-9-19(22)28-18/h4-9,14-15H,10-13H2,1-3H3. The fraction of sp³-hybridized carbons (Fsp3) is 0.429. The number of ether oxygens (including phenoxy) is 1. The van der Waals surface area contributed by atoms with Crippen LogP contribution in [0.2, 0.25) is 0 Å². The summed E-state index contributed by atoms with van der Waals surface area (Å²) >= 11 is 3.21. The molecule has 150 valence electrons. The Labute approximate surface area is 173 Å². The van der Waals surface area contributed by atoms with Crippen molar-refractivity contribution in [3.63, 3.8) is 0 Å². The van der Waals surface area contributed by atoms with Gasteiger partial charge in [-0.15, -0.1) is 0 Å². The highest BCUT2D eigenvalue weighted by Crippen LogP contribution is 2.27. The fourth-order valence-electron chi connectivity index (χ4n) is 3.28. The van der Waals surface area contributed by atoms with Crippen molar-refractivity contribution in [3.05, 3.63) is 52.4 Å². The predicted molar refractivity (Wildman–Crippen MR) is 110 cm³/mol. The maximum atomic E-state index is 12.8.